The Bertz CT molecular complexity index is 755. The van der Waals surface area contributed by atoms with Crippen LogP contribution in [0.3, 0.4) is 0 Å². The molecule has 0 aromatic heterocycles. The van der Waals surface area contributed by atoms with E-state index in [1.807, 2.05) is 72.5 Å². The normalized spacial score (nSPS) is 12.0. The molecule has 1 atom stereocenters. The summed E-state index contributed by atoms with van der Waals surface area (Å²) in [5, 5.41) is 3.00. The van der Waals surface area contributed by atoms with Crippen LogP contribution >= 0.6 is 0 Å². The first-order valence-corrected chi connectivity index (χ1v) is 8.99. The van der Waals surface area contributed by atoms with Crippen molar-refractivity contribution in [3.8, 4) is 5.75 Å². The Morgan fingerprint density at radius 3 is 2.69 bits per heavy atom. The van der Waals surface area contributed by atoms with Crippen LogP contribution in [-0.2, 0) is 0 Å². The molecular formula is C22H28N2O2. The smallest absolute Gasteiger partial charge is 0.322 e. The van der Waals surface area contributed by atoms with E-state index in [-0.39, 0.29) is 12.1 Å². The molecule has 26 heavy (non-hydrogen) atoms. The van der Waals surface area contributed by atoms with Gasteiger partial charge in [-0.15, -0.1) is 0 Å². The number of amides is 2. The second-order valence-corrected chi connectivity index (χ2v) is 6.35. The number of para-hydroxylation sites is 1. The number of nitrogens with one attached hydrogen (secondary N) is 1. The van der Waals surface area contributed by atoms with Gasteiger partial charge in [0.25, 0.3) is 0 Å². The van der Waals surface area contributed by atoms with Gasteiger partial charge in [0.05, 0.1) is 7.11 Å². The zero-order chi connectivity index (χ0) is 18.9. The van der Waals surface area contributed by atoms with E-state index in [0.717, 1.165) is 29.0 Å². The van der Waals surface area contributed by atoms with Crippen LogP contribution in [0.2, 0.25) is 0 Å². The molecule has 2 aromatic rings. The average molecular weight is 352 g/mol. The molecule has 0 aliphatic rings. The number of carbonyl (C=O) groups excluding carboxylic acids is 1. The van der Waals surface area contributed by atoms with Crippen molar-refractivity contribution in [2.45, 2.75) is 33.2 Å². The van der Waals surface area contributed by atoms with Gasteiger partial charge in [0, 0.05) is 23.8 Å². The third kappa shape index (κ3) is 5.38. The van der Waals surface area contributed by atoms with E-state index < -0.39 is 0 Å². The Morgan fingerprint density at radius 1 is 1.23 bits per heavy atom. The SMILES string of the molecule is CCC(C)N(C/C=C/c1ccccc1OC)C(=O)Nc1cccc(C)c1. The Morgan fingerprint density at radius 2 is 2.00 bits per heavy atom. The number of ether oxygens (including phenoxy) is 1. The molecular weight excluding hydrogens is 324 g/mol. The Labute approximate surface area is 156 Å². The summed E-state index contributed by atoms with van der Waals surface area (Å²) in [7, 11) is 1.66. The van der Waals surface area contributed by atoms with Gasteiger partial charge in [-0.2, -0.15) is 0 Å². The molecule has 2 rings (SSSR count). The number of hydrogen-bond donors (Lipinski definition) is 1. The molecule has 0 heterocycles. The molecule has 2 aromatic carbocycles. The molecule has 0 aliphatic heterocycles. The van der Waals surface area contributed by atoms with Crippen molar-refractivity contribution in [1.29, 1.82) is 0 Å². The van der Waals surface area contributed by atoms with E-state index in [0.29, 0.717) is 6.54 Å². The lowest BCUT2D eigenvalue weighted by Crippen LogP contribution is -2.41. The van der Waals surface area contributed by atoms with Crippen LogP contribution in [0.1, 0.15) is 31.4 Å². The van der Waals surface area contributed by atoms with Crippen molar-refractivity contribution in [3.63, 3.8) is 0 Å². The third-order valence-corrected chi connectivity index (χ3v) is 4.39. The Kier molecular flexibility index (Phi) is 7.27. The highest BCUT2D eigenvalue weighted by Gasteiger charge is 2.17. The summed E-state index contributed by atoms with van der Waals surface area (Å²) >= 11 is 0. The van der Waals surface area contributed by atoms with Gasteiger partial charge in [0.2, 0.25) is 0 Å². The van der Waals surface area contributed by atoms with Gasteiger partial charge in [-0.1, -0.05) is 49.4 Å². The van der Waals surface area contributed by atoms with Crippen LogP contribution < -0.4 is 10.1 Å². The van der Waals surface area contributed by atoms with Gasteiger partial charge in [-0.25, -0.2) is 4.79 Å². The van der Waals surface area contributed by atoms with E-state index in [4.69, 9.17) is 4.74 Å². The molecule has 1 unspecified atom stereocenters. The van der Waals surface area contributed by atoms with Gasteiger partial charge in [0.15, 0.2) is 0 Å². The van der Waals surface area contributed by atoms with Crippen molar-refractivity contribution in [2.24, 2.45) is 0 Å². The van der Waals surface area contributed by atoms with Gasteiger partial charge in [-0.3, -0.25) is 0 Å². The summed E-state index contributed by atoms with van der Waals surface area (Å²) in [6.07, 6.45) is 4.89. The summed E-state index contributed by atoms with van der Waals surface area (Å²) in [6.45, 7) is 6.69. The molecule has 0 bridgehead atoms. The third-order valence-electron chi connectivity index (χ3n) is 4.39. The van der Waals surface area contributed by atoms with Crippen LogP contribution in [-0.4, -0.2) is 30.6 Å². The van der Waals surface area contributed by atoms with Crippen molar-refractivity contribution in [2.75, 3.05) is 19.0 Å². The summed E-state index contributed by atoms with van der Waals surface area (Å²) in [4.78, 5) is 14.6. The highest BCUT2D eigenvalue weighted by atomic mass is 16.5. The lowest BCUT2D eigenvalue weighted by atomic mass is 10.1. The van der Waals surface area contributed by atoms with Crippen LogP contribution in [0.25, 0.3) is 6.08 Å². The molecule has 2 amide bonds. The first-order valence-electron chi connectivity index (χ1n) is 8.99. The maximum absolute atomic E-state index is 12.7. The van der Waals surface area contributed by atoms with E-state index in [2.05, 4.69) is 19.2 Å². The standard InChI is InChI=1S/C22H28N2O2/c1-5-18(3)24(22(25)23-20-13-8-10-17(2)16-20)15-9-12-19-11-6-7-14-21(19)26-4/h6-14,16,18H,5,15H2,1-4H3,(H,23,25)/b12-9+. The molecule has 0 saturated carbocycles. The van der Waals surface area contributed by atoms with Crippen LogP contribution in [0.4, 0.5) is 10.5 Å². The van der Waals surface area contributed by atoms with Gasteiger partial charge in [-0.05, 0) is 44.0 Å². The minimum Gasteiger partial charge on any atom is -0.496 e. The molecule has 138 valence electrons. The van der Waals surface area contributed by atoms with Crippen LogP contribution in [0.5, 0.6) is 5.75 Å². The number of nitrogens with zero attached hydrogens (tertiary/aromatic N) is 1. The second-order valence-electron chi connectivity index (χ2n) is 6.35. The summed E-state index contributed by atoms with van der Waals surface area (Å²) in [6, 6.07) is 15.7. The van der Waals surface area contributed by atoms with Crippen molar-refractivity contribution < 1.29 is 9.53 Å². The largest absolute Gasteiger partial charge is 0.496 e. The fraction of sp³-hybridized carbons (Fsp3) is 0.318. The summed E-state index contributed by atoms with van der Waals surface area (Å²) in [5.41, 5.74) is 2.93. The lowest BCUT2D eigenvalue weighted by Gasteiger charge is -2.27. The molecule has 0 spiro atoms. The molecule has 0 fully saturated rings. The quantitative estimate of drug-likeness (QED) is 0.730. The minimum absolute atomic E-state index is 0.0883. The van der Waals surface area contributed by atoms with Crippen LogP contribution in [0, 0.1) is 6.92 Å². The van der Waals surface area contributed by atoms with E-state index >= 15 is 0 Å². The number of benzene rings is 2. The maximum Gasteiger partial charge on any atom is 0.322 e. The highest BCUT2D eigenvalue weighted by molar-refractivity contribution is 5.89. The second kappa shape index (κ2) is 9.66. The lowest BCUT2D eigenvalue weighted by molar-refractivity contribution is 0.198. The first-order chi connectivity index (χ1) is 12.5. The zero-order valence-corrected chi connectivity index (χ0v) is 16.0. The number of aryl methyl sites for hydroxylation is 1. The number of carbonyl (C=O) groups is 1. The highest BCUT2D eigenvalue weighted by Crippen LogP contribution is 2.19. The van der Waals surface area contributed by atoms with E-state index in [1.165, 1.54) is 0 Å². The first kappa shape index (κ1) is 19.6. The number of anilines is 1. The van der Waals surface area contributed by atoms with Gasteiger partial charge < -0.3 is 15.0 Å². The molecule has 1 N–H and O–H groups in total. The topological polar surface area (TPSA) is 41.6 Å². The van der Waals surface area contributed by atoms with E-state index in [9.17, 15) is 4.79 Å². The van der Waals surface area contributed by atoms with Crippen molar-refractivity contribution >= 4 is 17.8 Å². The maximum atomic E-state index is 12.7. The number of urea groups is 1. The fourth-order valence-corrected chi connectivity index (χ4v) is 2.70. The predicted octanol–water partition coefficient (Wildman–Crippen LogP) is 5.35. The number of rotatable bonds is 7. The molecule has 0 radical (unpaired) electrons. The Balaban J connectivity index is 2.09. The summed E-state index contributed by atoms with van der Waals surface area (Å²) in [5.74, 6) is 0.822. The fourth-order valence-electron chi connectivity index (χ4n) is 2.70. The van der Waals surface area contributed by atoms with Crippen molar-refractivity contribution in [3.05, 3.63) is 65.7 Å². The molecule has 4 nitrogen and oxygen atoms in total. The average Bonchev–Trinajstić information content (AvgIpc) is 2.64. The molecule has 0 aliphatic carbocycles. The number of methoxy groups -OCH3 is 1. The zero-order valence-electron chi connectivity index (χ0n) is 16.0. The van der Waals surface area contributed by atoms with Gasteiger partial charge in [0.1, 0.15) is 5.75 Å². The van der Waals surface area contributed by atoms with E-state index in [1.54, 1.807) is 7.11 Å². The minimum atomic E-state index is -0.0883. The number of hydrogen-bond acceptors (Lipinski definition) is 2. The van der Waals surface area contributed by atoms with Crippen molar-refractivity contribution in [1.82, 2.24) is 4.90 Å². The van der Waals surface area contributed by atoms with Crippen LogP contribution in [0.15, 0.2) is 54.6 Å². The summed E-state index contributed by atoms with van der Waals surface area (Å²) < 4.78 is 5.36. The Hall–Kier alpha value is -2.75. The molecule has 4 heteroatoms. The monoisotopic (exact) mass is 352 g/mol. The molecule has 0 saturated heterocycles. The predicted molar refractivity (Wildman–Crippen MR) is 109 cm³/mol. The van der Waals surface area contributed by atoms with Gasteiger partial charge >= 0.3 is 6.03 Å².